The minimum Gasteiger partial charge on any atom is -0.452 e. The highest BCUT2D eigenvalue weighted by Crippen LogP contribution is 2.28. The van der Waals surface area contributed by atoms with E-state index in [1.54, 1.807) is 13.8 Å². The largest absolute Gasteiger partial charge is 0.452 e. The molecule has 1 amide bonds. The predicted molar refractivity (Wildman–Crippen MR) is 108 cm³/mol. The highest BCUT2D eigenvalue weighted by atomic mass is 35.5. The number of ether oxygens (including phenoxy) is 2. The summed E-state index contributed by atoms with van der Waals surface area (Å²) >= 11 is 6.13. The molecular weight excluding hydrogens is 420 g/mol. The van der Waals surface area contributed by atoms with Crippen molar-refractivity contribution >= 4 is 33.5 Å². The molecule has 2 rings (SSSR count). The van der Waals surface area contributed by atoms with Gasteiger partial charge in [-0.05, 0) is 45.9 Å². The summed E-state index contributed by atoms with van der Waals surface area (Å²) in [5.74, 6) is -1.11. The standard InChI is InChI=1S/C19H27ClN2O6S/c1-5-21(6-2)18(23)12-27-19(24)15-7-8-16(20)17(9-15)29(25,26)22-10-13(3)28-14(4)11-22/h7-9,13-14H,5-6,10-12H2,1-4H3/t13-,14-/m1/s1. The summed E-state index contributed by atoms with van der Waals surface area (Å²) in [6.45, 7) is 8.22. The van der Waals surface area contributed by atoms with Crippen LogP contribution in [0.5, 0.6) is 0 Å². The number of halogens is 1. The molecule has 0 spiro atoms. The van der Waals surface area contributed by atoms with Gasteiger partial charge in [-0.25, -0.2) is 13.2 Å². The van der Waals surface area contributed by atoms with E-state index in [0.717, 1.165) is 0 Å². The molecular formula is C19H27ClN2O6S. The van der Waals surface area contributed by atoms with Gasteiger partial charge < -0.3 is 14.4 Å². The molecule has 29 heavy (non-hydrogen) atoms. The van der Waals surface area contributed by atoms with Crippen LogP contribution in [0.3, 0.4) is 0 Å². The number of carbonyl (C=O) groups excluding carboxylic acids is 2. The van der Waals surface area contributed by atoms with Gasteiger partial charge in [-0.3, -0.25) is 4.79 Å². The fourth-order valence-corrected chi connectivity index (χ4v) is 5.26. The number of carbonyl (C=O) groups is 2. The molecule has 1 heterocycles. The zero-order valence-corrected chi connectivity index (χ0v) is 18.6. The Kier molecular flexibility index (Phi) is 8.04. The summed E-state index contributed by atoms with van der Waals surface area (Å²) in [5, 5.41) is 0.00701. The molecule has 8 nitrogen and oxygen atoms in total. The number of rotatable bonds is 7. The van der Waals surface area contributed by atoms with Gasteiger partial charge in [-0.2, -0.15) is 4.31 Å². The molecule has 2 atom stereocenters. The third-order valence-corrected chi connectivity index (χ3v) is 6.93. The van der Waals surface area contributed by atoms with E-state index in [9.17, 15) is 18.0 Å². The van der Waals surface area contributed by atoms with E-state index < -0.39 is 22.6 Å². The molecule has 1 aliphatic heterocycles. The first-order chi connectivity index (χ1) is 13.6. The summed E-state index contributed by atoms with van der Waals surface area (Å²) < 4.78 is 38.1. The molecule has 0 bridgehead atoms. The van der Waals surface area contributed by atoms with E-state index in [1.807, 2.05) is 13.8 Å². The monoisotopic (exact) mass is 446 g/mol. The quantitative estimate of drug-likeness (QED) is 0.596. The minimum absolute atomic E-state index is 0.00701. The summed E-state index contributed by atoms with van der Waals surface area (Å²) in [6.07, 6.45) is -0.516. The van der Waals surface area contributed by atoms with Crippen molar-refractivity contribution in [3.63, 3.8) is 0 Å². The van der Waals surface area contributed by atoms with Gasteiger partial charge >= 0.3 is 5.97 Å². The molecule has 162 valence electrons. The van der Waals surface area contributed by atoms with Gasteiger partial charge in [0.25, 0.3) is 5.91 Å². The lowest BCUT2D eigenvalue weighted by atomic mass is 10.2. The average Bonchev–Trinajstić information content (AvgIpc) is 2.66. The van der Waals surface area contributed by atoms with Crippen LogP contribution in [0.2, 0.25) is 5.02 Å². The highest BCUT2D eigenvalue weighted by Gasteiger charge is 2.34. The van der Waals surface area contributed by atoms with Crippen LogP contribution in [0.15, 0.2) is 23.1 Å². The van der Waals surface area contributed by atoms with Crippen LogP contribution in [0.1, 0.15) is 38.1 Å². The Hall–Kier alpha value is -1.68. The Balaban J connectivity index is 2.20. The Bertz CT molecular complexity index is 846. The van der Waals surface area contributed by atoms with Crippen molar-refractivity contribution in [2.24, 2.45) is 0 Å². The average molecular weight is 447 g/mol. The van der Waals surface area contributed by atoms with Gasteiger partial charge in [0.15, 0.2) is 6.61 Å². The van der Waals surface area contributed by atoms with Crippen molar-refractivity contribution in [1.29, 1.82) is 0 Å². The van der Waals surface area contributed by atoms with Crippen LogP contribution in [0.4, 0.5) is 0 Å². The summed E-state index contributed by atoms with van der Waals surface area (Å²) in [4.78, 5) is 25.7. The van der Waals surface area contributed by atoms with E-state index >= 15 is 0 Å². The van der Waals surface area contributed by atoms with E-state index in [0.29, 0.717) is 13.1 Å². The molecule has 0 radical (unpaired) electrons. The maximum atomic E-state index is 13.1. The van der Waals surface area contributed by atoms with E-state index in [1.165, 1.54) is 27.4 Å². The second-order valence-corrected chi connectivity index (χ2v) is 9.18. The lowest BCUT2D eigenvalue weighted by Crippen LogP contribution is -2.48. The minimum atomic E-state index is -3.93. The zero-order chi connectivity index (χ0) is 21.8. The van der Waals surface area contributed by atoms with Crippen LogP contribution in [0, 0.1) is 0 Å². The number of morpholine rings is 1. The van der Waals surface area contributed by atoms with Crippen molar-refractivity contribution in [2.45, 2.75) is 44.8 Å². The van der Waals surface area contributed by atoms with Crippen molar-refractivity contribution in [3.05, 3.63) is 28.8 Å². The van der Waals surface area contributed by atoms with E-state index in [-0.39, 0.29) is 46.7 Å². The van der Waals surface area contributed by atoms with E-state index in [4.69, 9.17) is 21.1 Å². The molecule has 1 aromatic rings. The first kappa shape index (κ1) is 23.6. The Morgan fingerprint density at radius 1 is 1.21 bits per heavy atom. The van der Waals surface area contributed by atoms with Crippen molar-refractivity contribution in [2.75, 3.05) is 32.8 Å². The molecule has 0 aromatic heterocycles. The van der Waals surface area contributed by atoms with Crippen LogP contribution in [-0.4, -0.2) is 74.5 Å². The first-order valence-electron chi connectivity index (χ1n) is 9.50. The maximum absolute atomic E-state index is 13.1. The van der Waals surface area contributed by atoms with Gasteiger partial charge in [0.2, 0.25) is 10.0 Å². The number of hydrogen-bond donors (Lipinski definition) is 0. The van der Waals surface area contributed by atoms with E-state index in [2.05, 4.69) is 0 Å². The molecule has 10 heteroatoms. The summed E-state index contributed by atoms with van der Waals surface area (Å²) in [6, 6.07) is 3.90. The lowest BCUT2D eigenvalue weighted by Gasteiger charge is -2.34. The second kappa shape index (κ2) is 9.88. The number of likely N-dealkylation sites (N-methyl/N-ethyl adjacent to an activating group) is 1. The fraction of sp³-hybridized carbons (Fsp3) is 0.579. The number of nitrogens with zero attached hydrogens (tertiary/aromatic N) is 2. The predicted octanol–water partition coefficient (Wildman–Crippen LogP) is 2.16. The molecule has 1 fully saturated rings. The smallest absolute Gasteiger partial charge is 0.338 e. The van der Waals surface area contributed by atoms with Crippen LogP contribution in [0.25, 0.3) is 0 Å². The Labute approximate surface area is 176 Å². The Morgan fingerprint density at radius 2 is 1.79 bits per heavy atom. The molecule has 0 unspecified atom stereocenters. The van der Waals surface area contributed by atoms with Crippen LogP contribution in [-0.2, 0) is 24.3 Å². The van der Waals surface area contributed by atoms with Crippen LogP contribution < -0.4 is 0 Å². The normalized spacial score (nSPS) is 20.3. The molecule has 1 aliphatic rings. The zero-order valence-electron chi connectivity index (χ0n) is 17.1. The van der Waals surface area contributed by atoms with Gasteiger partial charge in [0.1, 0.15) is 4.90 Å². The number of esters is 1. The van der Waals surface area contributed by atoms with Crippen molar-refractivity contribution < 1.29 is 27.5 Å². The number of sulfonamides is 1. The fourth-order valence-electron chi connectivity index (χ4n) is 3.17. The second-order valence-electron chi connectivity index (χ2n) is 6.87. The maximum Gasteiger partial charge on any atom is 0.338 e. The van der Waals surface area contributed by atoms with Gasteiger partial charge in [-0.1, -0.05) is 11.6 Å². The highest BCUT2D eigenvalue weighted by molar-refractivity contribution is 7.89. The number of amides is 1. The Morgan fingerprint density at radius 3 is 2.34 bits per heavy atom. The van der Waals surface area contributed by atoms with Gasteiger partial charge in [-0.15, -0.1) is 0 Å². The van der Waals surface area contributed by atoms with Crippen molar-refractivity contribution in [3.8, 4) is 0 Å². The number of benzene rings is 1. The molecule has 0 aliphatic carbocycles. The molecule has 0 saturated carbocycles. The van der Waals surface area contributed by atoms with Gasteiger partial charge in [0.05, 0.1) is 22.8 Å². The van der Waals surface area contributed by atoms with Crippen LogP contribution >= 0.6 is 11.6 Å². The van der Waals surface area contributed by atoms with Crippen molar-refractivity contribution in [1.82, 2.24) is 9.21 Å². The lowest BCUT2D eigenvalue weighted by molar-refractivity contribution is -0.134. The summed E-state index contributed by atoms with van der Waals surface area (Å²) in [5.41, 5.74) is 0.00896. The molecule has 1 aromatic carbocycles. The third-order valence-electron chi connectivity index (χ3n) is 4.61. The first-order valence-corrected chi connectivity index (χ1v) is 11.3. The summed E-state index contributed by atoms with van der Waals surface area (Å²) in [7, 11) is -3.93. The topological polar surface area (TPSA) is 93.2 Å². The van der Waals surface area contributed by atoms with Gasteiger partial charge in [0, 0.05) is 26.2 Å². The molecule has 1 saturated heterocycles. The number of hydrogen-bond acceptors (Lipinski definition) is 6. The molecule has 0 N–H and O–H groups in total. The SMILES string of the molecule is CCN(CC)C(=O)COC(=O)c1ccc(Cl)c(S(=O)(=O)N2C[C@@H](C)O[C@H](C)C2)c1. The third kappa shape index (κ3) is 5.69.